The van der Waals surface area contributed by atoms with Crippen LogP contribution in [0.1, 0.15) is 45.1 Å². The summed E-state index contributed by atoms with van der Waals surface area (Å²) in [5.74, 6) is 0.0324. The molecule has 0 fully saturated rings. The second kappa shape index (κ2) is 9.71. The third-order valence-corrected chi connectivity index (χ3v) is 3.52. The molecule has 0 aromatic heterocycles. The van der Waals surface area contributed by atoms with Crippen LogP contribution in [0.15, 0.2) is 30.3 Å². The molecule has 1 aromatic rings. The van der Waals surface area contributed by atoms with Crippen LogP contribution >= 0.6 is 0 Å². The number of esters is 1. The second-order valence-electron chi connectivity index (χ2n) is 5.23. The van der Waals surface area contributed by atoms with Gasteiger partial charge in [-0.05, 0) is 36.1 Å². The summed E-state index contributed by atoms with van der Waals surface area (Å²) in [6.45, 7) is 4.69. The number of carbonyl (C=O) groups excluding carboxylic acids is 1. The topological polar surface area (TPSA) is 69.4 Å². The van der Waals surface area contributed by atoms with Gasteiger partial charge in [-0.1, -0.05) is 33.1 Å². The summed E-state index contributed by atoms with van der Waals surface area (Å²) in [6.07, 6.45) is 7.32. The largest absolute Gasteiger partial charge is 0.462 e. The Balaban J connectivity index is 2.44. The van der Waals surface area contributed by atoms with Gasteiger partial charge in [0.25, 0.3) is 5.69 Å². The minimum atomic E-state index is -0.455. The van der Waals surface area contributed by atoms with Gasteiger partial charge >= 0.3 is 5.97 Å². The van der Waals surface area contributed by atoms with Gasteiger partial charge in [0.05, 0.1) is 11.5 Å². The molecule has 5 nitrogen and oxygen atoms in total. The fraction of sp³-hybridized carbons (Fsp3) is 0.471. The molecule has 0 N–H and O–H groups in total. The average molecular weight is 305 g/mol. The molecule has 0 radical (unpaired) electrons. The summed E-state index contributed by atoms with van der Waals surface area (Å²) in [5.41, 5.74) is 0.752. The molecule has 120 valence electrons. The van der Waals surface area contributed by atoms with Crippen LogP contribution in [0, 0.1) is 16.0 Å². The van der Waals surface area contributed by atoms with Gasteiger partial charge in [-0.2, -0.15) is 0 Å². The predicted molar refractivity (Wildman–Crippen MR) is 86.4 cm³/mol. The zero-order chi connectivity index (χ0) is 16.4. The standard InChI is InChI=1S/C17H23NO4/c1-3-5-6-14(4-2)13-22-17(19)12-9-15-7-10-16(11-8-15)18(20)21/h7-12,14H,3-6,13H2,1-2H3. The minimum absolute atomic E-state index is 0.0291. The number of benzene rings is 1. The van der Waals surface area contributed by atoms with Gasteiger partial charge in [0.15, 0.2) is 0 Å². The molecular formula is C17H23NO4. The van der Waals surface area contributed by atoms with Crippen LogP contribution in [-0.4, -0.2) is 17.5 Å². The first-order chi connectivity index (χ1) is 10.6. The molecule has 0 saturated heterocycles. The lowest BCUT2D eigenvalue weighted by atomic mass is 10.0. The van der Waals surface area contributed by atoms with Crippen LogP contribution in [0.5, 0.6) is 0 Å². The Morgan fingerprint density at radius 1 is 1.32 bits per heavy atom. The molecule has 1 rings (SSSR count). The molecule has 1 aromatic carbocycles. The number of ether oxygens (including phenoxy) is 1. The van der Waals surface area contributed by atoms with E-state index in [1.165, 1.54) is 18.2 Å². The number of nitro benzene ring substituents is 1. The van der Waals surface area contributed by atoms with Crippen LogP contribution in [0.25, 0.3) is 6.08 Å². The fourth-order valence-electron chi connectivity index (χ4n) is 2.02. The molecule has 1 unspecified atom stereocenters. The third kappa shape index (κ3) is 6.52. The summed E-state index contributed by atoms with van der Waals surface area (Å²) >= 11 is 0. The summed E-state index contributed by atoms with van der Waals surface area (Å²) < 4.78 is 5.24. The van der Waals surface area contributed by atoms with E-state index in [1.807, 2.05) is 0 Å². The molecule has 0 spiro atoms. The lowest BCUT2D eigenvalue weighted by molar-refractivity contribution is -0.384. The highest BCUT2D eigenvalue weighted by Crippen LogP contribution is 2.14. The first-order valence-electron chi connectivity index (χ1n) is 7.66. The number of unbranched alkanes of at least 4 members (excludes halogenated alkanes) is 1. The van der Waals surface area contributed by atoms with Crippen molar-refractivity contribution in [3.05, 3.63) is 46.0 Å². The van der Waals surface area contributed by atoms with Crippen molar-refractivity contribution in [2.24, 2.45) is 5.92 Å². The van der Waals surface area contributed by atoms with Crippen molar-refractivity contribution in [3.8, 4) is 0 Å². The SMILES string of the molecule is CCCCC(CC)COC(=O)C=Cc1ccc([N+](=O)[O-])cc1. The number of nitrogens with zero attached hydrogens (tertiary/aromatic N) is 1. The van der Waals surface area contributed by atoms with Gasteiger partial charge in [0.1, 0.15) is 0 Å². The van der Waals surface area contributed by atoms with E-state index in [1.54, 1.807) is 18.2 Å². The van der Waals surface area contributed by atoms with Crippen molar-refractivity contribution in [2.45, 2.75) is 39.5 Å². The average Bonchev–Trinajstić information content (AvgIpc) is 2.53. The zero-order valence-electron chi connectivity index (χ0n) is 13.2. The molecule has 0 amide bonds. The first kappa shape index (κ1) is 17.9. The molecule has 0 heterocycles. The Morgan fingerprint density at radius 2 is 2.00 bits per heavy atom. The van der Waals surface area contributed by atoms with E-state index in [-0.39, 0.29) is 11.7 Å². The Labute approximate surface area is 131 Å². The molecule has 22 heavy (non-hydrogen) atoms. The molecule has 0 aliphatic rings. The maximum Gasteiger partial charge on any atom is 0.330 e. The summed E-state index contributed by atoms with van der Waals surface area (Å²) in [4.78, 5) is 21.8. The van der Waals surface area contributed by atoms with Crippen LogP contribution in [-0.2, 0) is 9.53 Å². The molecule has 1 atom stereocenters. The molecule has 0 saturated carbocycles. The van der Waals surface area contributed by atoms with E-state index in [0.29, 0.717) is 12.5 Å². The van der Waals surface area contributed by atoms with Crippen LogP contribution in [0.2, 0.25) is 0 Å². The highest BCUT2D eigenvalue weighted by atomic mass is 16.6. The number of carbonyl (C=O) groups is 1. The zero-order valence-corrected chi connectivity index (χ0v) is 13.2. The van der Waals surface area contributed by atoms with Gasteiger partial charge in [0, 0.05) is 18.2 Å². The maximum atomic E-state index is 11.7. The second-order valence-corrected chi connectivity index (χ2v) is 5.23. The molecular weight excluding hydrogens is 282 g/mol. The van der Waals surface area contributed by atoms with E-state index in [4.69, 9.17) is 4.74 Å². The maximum absolute atomic E-state index is 11.7. The summed E-state index contributed by atoms with van der Waals surface area (Å²) in [7, 11) is 0. The van der Waals surface area contributed by atoms with E-state index in [9.17, 15) is 14.9 Å². The van der Waals surface area contributed by atoms with Crippen LogP contribution < -0.4 is 0 Å². The van der Waals surface area contributed by atoms with Gasteiger partial charge < -0.3 is 4.74 Å². The van der Waals surface area contributed by atoms with Crippen molar-refractivity contribution in [3.63, 3.8) is 0 Å². The van der Waals surface area contributed by atoms with E-state index >= 15 is 0 Å². The van der Waals surface area contributed by atoms with Crippen molar-refractivity contribution in [1.82, 2.24) is 0 Å². The Morgan fingerprint density at radius 3 is 2.55 bits per heavy atom. The summed E-state index contributed by atoms with van der Waals surface area (Å²) in [5, 5.41) is 10.5. The first-order valence-corrected chi connectivity index (χ1v) is 7.66. The molecule has 0 aliphatic heterocycles. The van der Waals surface area contributed by atoms with E-state index in [0.717, 1.165) is 31.2 Å². The number of nitro groups is 1. The highest BCUT2D eigenvalue weighted by molar-refractivity contribution is 5.87. The van der Waals surface area contributed by atoms with Crippen molar-refractivity contribution < 1.29 is 14.5 Å². The van der Waals surface area contributed by atoms with Crippen molar-refractivity contribution in [1.29, 1.82) is 0 Å². The van der Waals surface area contributed by atoms with Crippen molar-refractivity contribution >= 4 is 17.7 Å². The lowest BCUT2D eigenvalue weighted by Crippen LogP contribution is -2.12. The smallest absolute Gasteiger partial charge is 0.330 e. The lowest BCUT2D eigenvalue weighted by Gasteiger charge is -2.13. The number of non-ortho nitro benzene ring substituents is 1. The predicted octanol–water partition coefficient (Wildman–Crippen LogP) is 4.37. The Hall–Kier alpha value is -2.17. The van der Waals surface area contributed by atoms with Gasteiger partial charge in [-0.25, -0.2) is 4.79 Å². The van der Waals surface area contributed by atoms with Gasteiger partial charge in [-0.15, -0.1) is 0 Å². The monoisotopic (exact) mass is 305 g/mol. The Kier molecular flexibility index (Phi) is 7.89. The van der Waals surface area contributed by atoms with Crippen LogP contribution in [0.3, 0.4) is 0 Å². The van der Waals surface area contributed by atoms with Crippen molar-refractivity contribution in [2.75, 3.05) is 6.61 Å². The fourth-order valence-corrected chi connectivity index (χ4v) is 2.02. The summed E-state index contributed by atoms with van der Waals surface area (Å²) in [6, 6.07) is 6.00. The molecule has 0 bridgehead atoms. The quantitative estimate of drug-likeness (QED) is 0.294. The number of rotatable bonds is 9. The number of hydrogen-bond acceptors (Lipinski definition) is 4. The van der Waals surface area contributed by atoms with Crippen LogP contribution in [0.4, 0.5) is 5.69 Å². The minimum Gasteiger partial charge on any atom is -0.462 e. The highest BCUT2D eigenvalue weighted by Gasteiger charge is 2.08. The van der Waals surface area contributed by atoms with Gasteiger partial charge in [-0.3, -0.25) is 10.1 Å². The molecule has 5 heteroatoms. The molecule has 0 aliphatic carbocycles. The van der Waals surface area contributed by atoms with Gasteiger partial charge in [0.2, 0.25) is 0 Å². The number of hydrogen-bond donors (Lipinski definition) is 0. The normalized spacial score (nSPS) is 12.3. The van der Waals surface area contributed by atoms with E-state index in [2.05, 4.69) is 13.8 Å². The Bertz CT molecular complexity index is 508. The van der Waals surface area contributed by atoms with E-state index < -0.39 is 4.92 Å². The third-order valence-electron chi connectivity index (χ3n) is 3.52.